The van der Waals surface area contributed by atoms with Crippen molar-refractivity contribution in [2.24, 2.45) is 0 Å². The van der Waals surface area contributed by atoms with Crippen molar-refractivity contribution in [3.63, 3.8) is 0 Å². The number of piperidine rings is 1. The van der Waals surface area contributed by atoms with Gasteiger partial charge in [0.1, 0.15) is 0 Å². The summed E-state index contributed by atoms with van der Waals surface area (Å²) in [5.41, 5.74) is 2.69. The molecule has 1 aromatic heterocycles. The fraction of sp³-hybridized carbons (Fsp3) is 0.348. The number of aliphatic hydroxyl groups excluding tert-OH is 1. The van der Waals surface area contributed by atoms with Gasteiger partial charge in [-0.25, -0.2) is 0 Å². The minimum atomic E-state index is -0.396. The van der Waals surface area contributed by atoms with Crippen LogP contribution in [0.3, 0.4) is 0 Å². The number of aliphatic hydroxyl groups is 1. The summed E-state index contributed by atoms with van der Waals surface area (Å²) in [4.78, 5) is 15.4. The van der Waals surface area contributed by atoms with Crippen molar-refractivity contribution in [2.75, 3.05) is 31.9 Å². The number of anilines is 1. The van der Waals surface area contributed by atoms with Gasteiger partial charge in [0.05, 0.1) is 24.3 Å². The normalized spacial score (nSPS) is 18.1. The fourth-order valence-electron chi connectivity index (χ4n) is 4.23. The van der Waals surface area contributed by atoms with Crippen molar-refractivity contribution in [3.05, 3.63) is 46.1 Å². The molecule has 3 aromatic rings. The Morgan fingerprint density at radius 3 is 2.80 bits per heavy atom. The lowest BCUT2D eigenvalue weighted by Crippen LogP contribution is -2.38. The number of methoxy groups -OCH3 is 1. The number of aryl methyl sites for hydroxylation is 1. The lowest BCUT2D eigenvalue weighted by atomic mass is 10.0. The topological polar surface area (TPSA) is 81.4 Å². The lowest BCUT2D eigenvalue weighted by molar-refractivity contribution is 0.154. The van der Waals surface area contributed by atoms with Crippen LogP contribution in [0.1, 0.15) is 18.4 Å². The van der Waals surface area contributed by atoms with E-state index in [0.717, 1.165) is 30.6 Å². The molecule has 1 unspecified atom stereocenters. The van der Waals surface area contributed by atoms with Crippen LogP contribution < -0.4 is 24.5 Å². The second-order valence-corrected chi connectivity index (χ2v) is 7.76. The number of hydrogen-bond acceptors (Lipinski definition) is 7. The minimum absolute atomic E-state index is 0.150. The summed E-state index contributed by atoms with van der Waals surface area (Å²) in [6, 6.07) is 9.21. The molecule has 5 rings (SSSR count). The van der Waals surface area contributed by atoms with Crippen LogP contribution in [0.4, 0.5) is 5.69 Å². The molecular formula is C23H23NO6. The Morgan fingerprint density at radius 2 is 2.00 bits per heavy atom. The lowest BCUT2D eigenvalue weighted by Gasteiger charge is -2.32. The summed E-state index contributed by atoms with van der Waals surface area (Å²) < 4.78 is 22.7. The maximum Gasteiger partial charge on any atom is 0.235 e. The highest BCUT2D eigenvalue weighted by molar-refractivity contribution is 5.92. The zero-order valence-corrected chi connectivity index (χ0v) is 16.9. The predicted molar refractivity (Wildman–Crippen MR) is 113 cm³/mol. The number of fused-ring (bicyclic) bond motifs is 2. The van der Waals surface area contributed by atoms with Crippen LogP contribution in [0.5, 0.6) is 17.2 Å². The van der Waals surface area contributed by atoms with Crippen LogP contribution in [-0.2, 0) is 0 Å². The molecule has 2 aliphatic heterocycles. The predicted octanol–water partition coefficient (Wildman–Crippen LogP) is 3.47. The molecule has 1 atom stereocenters. The van der Waals surface area contributed by atoms with Gasteiger partial charge in [0.25, 0.3) is 0 Å². The molecule has 0 spiro atoms. The van der Waals surface area contributed by atoms with E-state index in [-0.39, 0.29) is 18.0 Å². The van der Waals surface area contributed by atoms with Crippen molar-refractivity contribution in [1.82, 2.24) is 0 Å². The third-order valence-corrected chi connectivity index (χ3v) is 5.65. The van der Waals surface area contributed by atoms with Crippen molar-refractivity contribution in [3.8, 4) is 28.6 Å². The summed E-state index contributed by atoms with van der Waals surface area (Å²) in [5, 5.41) is 10.6. The molecule has 7 nitrogen and oxygen atoms in total. The Labute approximate surface area is 173 Å². The summed E-state index contributed by atoms with van der Waals surface area (Å²) in [5.74, 6) is 1.74. The van der Waals surface area contributed by atoms with Crippen molar-refractivity contribution < 1.29 is 23.7 Å². The van der Waals surface area contributed by atoms with Gasteiger partial charge in [0, 0.05) is 18.7 Å². The Kier molecular flexibility index (Phi) is 4.55. The van der Waals surface area contributed by atoms with Crippen molar-refractivity contribution in [2.45, 2.75) is 25.9 Å². The van der Waals surface area contributed by atoms with Crippen molar-refractivity contribution >= 4 is 16.7 Å². The molecule has 0 amide bonds. The van der Waals surface area contributed by atoms with Gasteiger partial charge in [-0.15, -0.1) is 0 Å². The van der Waals surface area contributed by atoms with Crippen LogP contribution in [0.25, 0.3) is 22.3 Å². The minimum Gasteiger partial charge on any atom is -0.490 e. The van der Waals surface area contributed by atoms with E-state index in [1.807, 2.05) is 25.1 Å². The molecule has 2 aromatic carbocycles. The highest BCUT2D eigenvalue weighted by Crippen LogP contribution is 2.40. The first-order valence-electron chi connectivity index (χ1n) is 10.0. The summed E-state index contributed by atoms with van der Waals surface area (Å²) in [6.45, 7) is 3.41. The molecule has 0 aliphatic carbocycles. The third-order valence-electron chi connectivity index (χ3n) is 5.65. The Morgan fingerprint density at radius 1 is 1.17 bits per heavy atom. The summed E-state index contributed by atoms with van der Waals surface area (Å²) in [7, 11) is 1.46. The Bertz CT molecular complexity index is 1180. The standard InChI is InChI=1S/C23H23NO6/c1-13-8-16-20(26)23(27-2)21(14-5-6-18-19(10-14)29-12-28-18)30-22(16)17(9-13)24-7-3-4-15(25)11-24/h5-6,8-10,15,25H,3-4,7,11-12H2,1-2H3. The van der Waals surface area contributed by atoms with E-state index in [4.69, 9.17) is 18.6 Å². The smallest absolute Gasteiger partial charge is 0.235 e. The molecule has 3 heterocycles. The maximum absolute atomic E-state index is 13.3. The van der Waals surface area contributed by atoms with Gasteiger partial charge in [0.15, 0.2) is 22.8 Å². The number of rotatable bonds is 3. The summed E-state index contributed by atoms with van der Waals surface area (Å²) in [6.07, 6.45) is 1.26. The van der Waals surface area contributed by atoms with E-state index in [1.165, 1.54) is 7.11 Å². The molecular weight excluding hydrogens is 386 g/mol. The molecule has 1 fully saturated rings. The Balaban J connectivity index is 1.74. The second-order valence-electron chi connectivity index (χ2n) is 7.76. The number of β-amino-alcohol motifs (C(OH)–C–C–N with tert-alkyl or cyclic N) is 1. The zero-order chi connectivity index (χ0) is 20.8. The van der Waals surface area contributed by atoms with Crippen LogP contribution in [0.15, 0.2) is 39.5 Å². The highest BCUT2D eigenvalue weighted by atomic mass is 16.7. The van der Waals surface area contributed by atoms with E-state index in [1.54, 1.807) is 12.1 Å². The molecule has 1 saturated heterocycles. The highest BCUT2D eigenvalue weighted by Gasteiger charge is 2.25. The molecule has 30 heavy (non-hydrogen) atoms. The number of ether oxygens (including phenoxy) is 3. The van der Waals surface area contributed by atoms with Gasteiger partial charge >= 0.3 is 0 Å². The Hall–Kier alpha value is -3.19. The first-order chi connectivity index (χ1) is 14.5. The van der Waals surface area contributed by atoms with Gasteiger partial charge in [-0.3, -0.25) is 4.79 Å². The van der Waals surface area contributed by atoms with Crippen LogP contribution >= 0.6 is 0 Å². The van der Waals surface area contributed by atoms with Gasteiger partial charge in [-0.1, -0.05) is 0 Å². The fourth-order valence-corrected chi connectivity index (χ4v) is 4.23. The number of nitrogens with zero attached hydrogens (tertiary/aromatic N) is 1. The molecule has 7 heteroatoms. The average Bonchev–Trinajstić information content (AvgIpc) is 3.21. The van der Waals surface area contributed by atoms with E-state index < -0.39 is 6.10 Å². The van der Waals surface area contributed by atoms with E-state index >= 15 is 0 Å². The molecule has 1 N–H and O–H groups in total. The molecule has 2 aliphatic rings. The quantitative estimate of drug-likeness (QED) is 0.709. The molecule has 0 bridgehead atoms. The van der Waals surface area contributed by atoms with E-state index in [9.17, 15) is 9.90 Å². The van der Waals surface area contributed by atoms with E-state index in [0.29, 0.717) is 40.3 Å². The maximum atomic E-state index is 13.3. The van der Waals surface area contributed by atoms with Crippen LogP contribution in [0.2, 0.25) is 0 Å². The largest absolute Gasteiger partial charge is 0.490 e. The first-order valence-corrected chi connectivity index (χ1v) is 10.0. The zero-order valence-electron chi connectivity index (χ0n) is 16.9. The SMILES string of the molecule is COc1c(-c2ccc3c(c2)OCO3)oc2c(N3CCCC(O)C3)cc(C)cc2c1=O. The van der Waals surface area contributed by atoms with Gasteiger partial charge in [-0.05, 0) is 55.7 Å². The summed E-state index contributed by atoms with van der Waals surface area (Å²) >= 11 is 0. The molecule has 0 saturated carbocycles. The first kappa shape index (κ1) is 18.8. The van der Waals surface area contributed by atoms with Crippen molar-refractivity contribution in [1.29, 1.82) is 0 Å². The monoisotopic (exact) mass is 409 g/mol. The second kappa shape index (κ2) is 7.25. The van der Waals surface area contributed by atoms with Crippen LogP contribution in [0, 0.1) is 6.92 Å². The molecule has 0 radical (unpaired) electrons. The number of benzene rings is 2. The molecule has 156 valence electrons. The van der Waals surface area contributed by atoms with Gasteiger partial charge in [-0.2, -0.15) is 0 Å². The van der Waals surface area contributed by atoms with Gasteiger partial charge in [0.2, 0.25) is 18.0 Å². The van der Waals surface area contributed by atoms with Gasteiger partial charge < -0.3 is 28.6 Å². The average molecular weight is 409 g/mol. The van der Waals surface area contributed by atoms with E-state index in [2.05, 4.69) is 4.90 Å². The third kappa shape index (κ3) is 3.06. The van der Waals surface area contributed by atoms with Crippen LogP contribution in [-0.4, -0.2) is 38.2 Å². The number of hydrogen-bond donors (Lipinski definition) is 1.